The first kappa shape index (κ1) is 45.0. The number of nitrogens with one attached hydrogen (secondary N) is 5. The highest BCUT2D eigenvalue weighted by molar-refractivity contribution is 7.09. The maximum absolute atomic E-state index is 14.6. The number of thiophene rings is 1. The van der Waals surface area contributed by atoms with Crippen LogP contribution in [0.5, 0.6) is 0 Å². The second-order valence-corrected chi connectivity index (χ2v) is 16.1. The average Bonchev–Trinajstić information content (AvgIpc) is 3.70. The van der Waals surface area contributed by atoms with Crippen LogP contribution in [0.2, 0.25) is 0 Å². The number of nitrogens with zero attached hydrogens (tertiary/aromatic N) is 3. The number of aliphatic hydroxyl groups is 1. The summed E-state index contributed by atoms with van der Waals surface area (Å²) in [4.78, 5) is 59.8. The molecule has 2 aliphatic rings. The molecule has 2 saturated heterocycles. The van der Waals surface area contributed by atoms with E-state index < -0.39 is 53.9 Å². The predicted molar refractivity (Wildman–Crippen MR) is 216 cm³/mol. The molecule has 4 rings (SSSR count). The van der Waals surface area contributed by atoms with Crippen molar-refractivity contribution in [1.29, 1.82) is 0 Å². The third-order valence-electron chi connectivity index (χ3n) is 10.0. The SMILES string of the molecule is CC(C)[C@H](NC(=O)NCCN1CCOCC1)C(=O)NN(Cc1cccs1)CC(O)C(C(=O)[C@@H](NC(=O)NCCN1CCOCC1)C(C)C)C(N)c1ccccc1. The molecule has 0 aliphatic carbocycles. The lowest BCUT2D eigenvalue weighted by atomic mass is 9.80. The molecule has 0 bridgehead atoms. The number of hydrazine groups is 1. The van der Waals surface area contributed by atoms with Crippen LogP contribution in [-0.2, 0) is 25.6 Å². The number of carbonyl (C=O) groups is 4. The molecule has 3 heterocycles. The molecule has 2 aliphatic heterocycles. The van der Waals surface area contributed by atoms with Crippen molar-refractivity contribution in [3.05, 3.63) is 58.3 Å². The topological polar surface area (TPSA) is 203 Å². The van der Waals surface area contributed by atoms with Gasteiger partial charge in [0.1, 0.15) is 6.04 Å². The van der Waals surface area contributed by atoms with E-state index in [-0.39, 0.29) is 24.9 Å². The minimum atomic E-state index is -1.38. The Morgan fingerprint density at radius 2 is 1.34 bits per heavy atom. The lowest BCUT2D eigenvalue weighted by molar-refractivity contribution is -0.133. The Labute approximate surface area is 335 Å². The molecule has 17 heteroatoms. The van der Waals surface area contributed by atoms with Crippen LogP contribution >= 0.6 is 11.3 Å². The standard InChI is InChI=1S/C39H63N9O7S/c1-27(2)34(43-38(52)41-12-14-46-16-20-54-21-17-46)36(50)32(33(40)29-9-6-5-7-10-29)31(49)26-48(25-30-11-8-24-56-30)45-37(51)35(28(3)4)44-39(53)42-13-15-47-18-22-55-23-19-47/h5-11,24,27-28,31-35,49H,12-23,25-26,40H2,1-4H3,(H,45,51)(H2,41,43,52)(H2,42,44,53)/t31?,32?,33?,34-,35-/m0/s1. The van der Waals surface area contributed by atoms with E-state index in [1.54, 1.807) is 17.1 Å². The molecule has 0 spiro atoms. The summed E-state index contributed by atoms with van der Waals surface area (Å²) in [5.41, 5.74) is 10.4. The molecule has 0 radical (unpaired) electrons. The third-order valence-corrected chi connectivity index (χ3v) is 10.9. The zero-order chi connectivity index (χ0) is 40.5. The average molecular weight is 802 g/mol. The maximum Gasteiger partial charge on any atom is 0.315 e. The van der Waals surface area contributed by atoms with Crippen molar-refractivity contribution in [3.8, 4) is 0 Å². The fourth-order valence-corrected chi connectivity index (χ4v) is 7.51. The number of rotatable bonds is 21. The number of morpholine rings is 2. The zero-order valence-electron chi connectivity index (χ0n) is 33.3. The molecule has 3 unspecified atom stereocenters. The van der Waals surface area contributed by atoms with Crippen molar-refractivity contribution in [1.82, 2.24) is 41.5 Å². The minimum Gasteiger partial charge on any atom is -0.391 e. The fraction of sp³-hybridized carbons (Fsp3) is 0.641. The minimum absolute atomic E-state index is 0.173. The van der Waals surface area contributed by atoms with Gasteiger partial charge in [0.05, 0.1) is 51.0 Å². The fourth-order valence-electron chi connectivity index (χ4n) is 6.79. The number of benzene rings is 1. The molecule has 1 aromatic carbocycles. The summed E-state index contributed by atoms with van der Waals surface area (Å²) in [6.45, 7) is 15.3. The Bertz CT molecular complexity index is 1470. The van der Waals surface area contributed by atoms with Gasteiger partial charge in [-0.2, -0.15) is 0 Å². The number of ketones is 1. The lowest BCUT2D eigenvalue weighted by Gasteiger charge is -2.35. The molecular weight excluding hydrogens is 739 g/mol. The summed E-state index contributed by atoms with van der Waals surface area (Å²) < 4.78 is 10.8. The Morgan fingerprint density at radius 1 is 0.804 bits per heavy atom. The summed E-state index contributed by atoms with van der Waals surface area (Å²) in [6, 6.07) is 9.09. The van der Waals surface area contributed by atoms with Crippen molar-refractivity contribution >= 4 is 35.1 Å². The predicted octanol–water partition coefficient (Wildman–Crippen LogP) is 1.14. The smallest absolute Gasteiger partial charge is 0.315 e. The normalized spacial score (nSPS) is 18.2. The van der Waals surface area contributed by atoms with Crippen LogP contribution in [0, 0.1) is 17.8 Å². The van der Waals surface area contributed by atoms with Crippen molar-refractivity contribution in [3.63, 3.8) is 0 Å². The first-order valence-electron chi connectivity index (χ1n) is 19.7. The number of nitrogens with two attached hydrogens (primary N) is 1. The highest BCUT2D eigenvalue weighted by Gasteiger charge is 2.40. The zero-order valence-corrected chi connectivity index (χ0v) is 34.1. The van der Waals surface area contributed by atoms with E-state index in [4.69, 9.17) is 15.2 Å². The van der Waals surface area contributed by atoms with Crippen LogP contribution in [0.15, 0.2) is 47.8 Å². The first-order valence-corrected chi connectivity index (χ1v) is 20.6. The van der Waals surface area contributed by atoms with Gasteiger partial charge in [0.15, 0.2) is 5.78 Å². The molecule has 312 valence electrons. The molecule has 8 N–H and O–H groups in total. The Hall–Kier alpha value is -3.68. The lowest BCUT2D eigenvalue weighted by Crippen LogP contribution is -2.59. The van der Waals surface area contributed by atoms with Crippen molar-refractivity contribution in [2.24, 2.45) is 23.5 Å². The van der Waals surface area contributed by atoms with E-state index in [2.05, 4.69) is 36.5 Å². The van der Waals surface area contributed by atoms with E-state index in [1.807, 2.05) is 63.4 Å². The van der Waals surface area contributed by atoms with E-state index in [9.17, 15) is 24.3 Å². The van der Waals surface area contributed by atoms with Crippen molar-refractivity contribution in [2.45, 2.75) is 58.5 Å². The molecule has 56 heavy (non-hydrogen) atoms. The first-order chi connectivity index (χ1) is 26.9. The number of amides is 5. The maximum atomic E-state index is 14.6. The summed E-state index contributed by atoms with van der Waals surface area (Å²) in [5, 5.41) is 26.9. The second kappa shape index (κ2) is 23.5. The number of aliphatic hydroxyl groups excluding tert-OH is 1. The van der Waals surface area contributed by atoms with Crippen LogP contribution in [0.1, 0.15) is 44.2 Å². The molecule has 5 amide bonds. The van der Waals surface area contributed by atoms with Crippen LogP contribution in [0.4, 0.5) is 9.59 Å². The van der Waals surface area contributed by atoms with E-state index in [0.29, 0.717) is 58.2 Å². The van der Waals surface area contributed by atoms with Gasteiger partial charge >= 0.3 is 12.1 Å². The number of hydrogen-bond acceptors (Lipinski definition) is 12. The second-order valence-electron chi connectivity index (χ2n) is 15.0. The largest absolute Gasteiger partial charge is 0.391 e. The van der Waals surface area contributed by atoms with Gasteiger partial charge in [-0.05, 0) is 28.8 Å². The monoisotopic (exact) mass is 801 g/mol. The van der Waals surface area contributed by atoms with Crippen LogP contribution in [0.3, 0.4) is 0 Å². The van der Waals surface area contributed by atoms with E-state index in [0.717, 1.165) is 31.1 Å². The number of ether oxygens (including phenoxy) is 2. The Balaban J connectivity index is 1.48. The van der Waals surface area contributed by atoms with Gasteiger partial charge in [-0.15, -0.1) is 11.3 Å². The third kappa shape index (κ3) is 14.7. The van der Waals surface area contributed by atoms with E-state index >= 15 is 0 Å². The van der Waals surface area contributed by atoms with Gasteiger partial charge in [-0.3, -0.25) is 24.8 Å². The summed E-state index contributed by atoms with van der Waals surface area (Å²) in [7, 11) is 0. The van der Waals surface area contributed by atoms with Gasteiger partial charge in [0.25, 0.3) is 5.91 Å². The van der Waals surface area contributed by atoms with Crippen molar-refractivity contribution in [2.75, 3.05) is 85.3 Å². The van der Waals surface area contributed by atoms with Gasteiger partial charge in [-0.1, -0.05) is 64.1 Å². The molecule has 2 aromatic rings. The van der Waals surface area contributed by atoms with Gasteiger partial charge in [0, 0.05) is 69.8 Å². The molecular formula is C39H63N9O7S. The Morgan fingerprint density at radius 3 is 1.84 bits per heavy atom. The highest BCUT2D eigenvalue weighted by atomic mass is 32.1. The van der Waals surface area contributed by atoms with Gasteiger partial charge in [0.2, 0.25) is 0 Å². The summed E-state index contributed by atoms with van der Waals surface area (Å²) >= 11 is 1.48. The van der Waals surface area contributed by atoms with Crippen LogP contribution < -0.4 is 32.4 Å². The number of carbonyl (C=O) groups excluding carboxylic acids is 4. The quantitative estimate of drug-likeness (QED) is 0.0893. The summed E-state index contributed by atoms with van der Waals surface area (Å²) in [6.07, 6.45) is -1.38. The van der Waals surface area contributed by atoms with E-state index in [1.165, 1.54) is 11.3 Å². The number of urea groups is 2. The molecule has 1 aromatic heterocycles. The number of Topliss-reactive ketones (excluding diaryl/α,β-unsaturated/α-hetero) is 1. The molecule has 2 fully saturated rings. The Kier molecular flexibility index (Phi) is 18.9. The highest BCUT2D eigenvalue weighted by Crippen LogP contribution is 2.27. The van der Waals surface area contributed by atoms with Crippen LogP contribution in [-0.4, -0.2) is 147 Å². The molecule has 0 saturated carbocycles. The number of hydrogen-bond donors (Lipinski definition) is 7. The molecule has 5 atom stereocenters. The van der Waals surface area contributed by atoms with Gasteiger partial charge in [-0.25, -0.2) is 14.6 Å². The van der Waals surface area contributed by atoms with Crippen molar-refractivity contribution < 1.29 is 33.8 Å². The van der Waals surface area contributed by atoms with Gasteiger partial charge < -0.3 is 41.6 Å². The summed E-state index contributed by atoms with van der Waals surface area (Å²) in [5.74, 6) is -2.67. The molecule has 16 nitrogen and oxygen atoms in total. The van der Waals surface area contributed by atoms with Crippen LogP contribution in [0.25, 0.3) is 0 Å².